The van der Waals surface area contributed by atoms with E-state index in [4.69, 9.17) is 0 Å². The predicted molar refractivity (Wildman–Crippen MR) is 112 cm³/mol. The molecular formula is C19H17F3N2O5S3. The van der Waals surface area contributed by atoms with Gasteiger partial charge in [-0.3, -0.25) is 4.79 Å². The van der Waals surface area contributed by atoms with Crippen molar-refractivity contribution in [2.24, 2.45) is 0 Å². The lowest BCUT2D eigenvalue weighted by Gasteiger charge is -2.08. The second-order valence-electron chi connectivity index (χ2n) is 6.63. The molecule has 2 N–H and O–H groups in total. The third kappa shape index (κ3) is 5.41. The number of ketones is 1. The number of alkyl halides is 3. The first-order chi connectivity index (χ1) is 15.0. The van der Waals surface area contributed by atoms with Gasteiger partial charge in [0, 0.05) is 24.8 Å². The molecule has 1 aromatic carbocycles. The summed E-state index contributed by atoms with van der Waals surface area (Å²) in [6.07, 6.45) is 0.207. The fourth-order valence-electron chi connectivity index (χ4n) is 2.82. The number of aromatic nitrogens is 2. The molecule has 0 radical (unpaired) electrons. The average molecular weight is 507 g/mol. The van der Waals surface area contributed by atoms with Gasteiger partial charge in [0.2, 0.25) is 0 Å². The van der Waals surface area contributed by atoms with Crippen LogP contribution in [0.15, 0.2) is 34.5 Å². The highest BCUT2D eigenvalue weighted by molar-refractivity contribution is 7.92. The molecule has 0 fully saturated rings. The predicted octanol–water partition coefficient (Wildman–Crippen LogP) is 2.94. The lowest BCUT2D eigenvalue weighted by Crippen LogP contribution is -2.23. The Labute approximate surface area is 189 Å². The third-order valence-electron chi connectivity index (χ3n) is 4.30. The number of carbonyl (C=O) groups is 1. The molecule has 0 atom stereocenters. The number of nitrogens with zero attached hydrogens (tertiary/aromatic N) is 2. The molecule has 0 aliphatic rings. The summed E-state index contributed by atoms with van der Waals surface area (Å²) >= 11 is 2.50. The lowest BCUT2D eigenvalue weighted by molar-refractivity contribution is -0.117. The van der Waals surface area contributed by atoms with Crippen molar-refractivity contribution in [2.75, 3.05) is 6.61 Å². The van der Waals surface area contributed by atoms with Crippen molar-refractivity contribution in [3.05, 3.63) is 50.9 Å². The van der Waals surface area contributed by atoms with Crippen LogP contribution in [0.3, 0.4) is 0 Å². The summed E-state index contributed by atoms with van der Waals surface area (Å²) in [7, 11) is -5.43. The van der Waals surface area contributed by atoms with E-state index < -0.39 is 20.2 Å². The molecule has 13 heteroatoms. The molecule has 3 aromatic rings. The summed E-state index contributed by atoms with van der Waals surface area (Å²) in [5, 5.41) is 21.2. The van der Waals surface area contributed by atoms with Gasteiger partial charge in [0.25, 0.3) is 9.84 Å². The first-order valence-electron chi connectivity index (χ1n) is 9.12. The number of halogens is 3. The first-order valence-corrected chi connectivity index (χ1v) is 12.3. The highest BCUT2D eigenvalue weighted by Crippen LogP contribution is 2.32. The van der Waals surface area contributed by atoms with Crippen molar-refractivity contribution in [2.45, 2.75) is 36.3 Å². The van der Waals surface area contributed by atoms with Gasteiger partial charge in [-0.2, -0.15) is 13.2 Å². The monoisotopic (exact) mass is 506 g/mol. The highest BCUT2D eigenvalue weighted by atomic mass is 32.2. The number of sulfone groups is 1. The molecule has 2 heterocycles. The SMILES string of the molecule is O=C(Cc1ccc(S(=O)(=O)C(F)(F)F)cc1)Cc1nc(-c2sc(CO)nc2CCO)cs1. The number of thiazole rings is 2. The number of hydrogen-bond donors (Lipinski definition) is 2. The Hall–Kier alpha value is -2.19. The molecule has 0 saturated heterocycles. The van der Waals surface area contributed by atoms with Crippen LogP contribution in [-0.2, 0) is 40.5 Å². The Bertz CT molecular complexity index is 1200. The number of hydrogen-bond acceptors (Lipinski definition) is 9. The molecule has 0 aliphatic heterocycles. The summed E-state index contributed by atoms with van der Waals surface area (Å²) in [5.74, 6) is -0.242. The molecular weight excluding hydrogens is 489 g/mol. The maximum absolute atomic E-state index is 12.6. The first kappa shape index (κ1) is 24.5. The highest BCUT2D eigenvalue weighted by Gasteiger charge is 2.46. The summed E-state index contributed by atoms with van der Waals surface area (Å²) < 4.78 is 60.6. The molecule has 0 amide bonds. The third-order valence-corrected chi connectivity index (χ3v) is 7.75. The molecule has 0 bridgehead atoms. The second-order valence-corrected chi connectivity index (χ2v) is 10.6. The standard InChI is InChI=1S/C19H17F3N2O5S3/c20-19(21,22)32(28,29)13-3-1-11(2-4-13)7-12(27)8-16-24-15(10-30-16)18-14(5-6-25)23-17(9-26)31-18/h1-4,10,25-26H,5-9H2. The molecule has 0 saturated carbocycles. The normalized spacial score (nSPS) is 12.3. The molecule has 3 rings (SSSR count). The number of aliphatic hydroxyl groups excluding tert-OH is 2. The fourth-order valence-corrected chi connectivity index (χ4v) is 5.40. The molecule has 0 aliphatic carbocycles. The number of rotatable bonds is 9. The van der Waals surface area contributed by atoms with Crippen LogP contribution in [0.4, 0.5) is 13.2 Å². The van der Waals surface area contributed by atoms with Crippen LogP contribution in [-0.4, -0.2) is 46.5 Å². The molecule has 2 aromatic heterocycles. The largest absolute Gasteiger partial charge is 0.501 e. The van der Waals surface area contributed by atoms with Crippen LogP contribution in [0.25, 0.3) is 10.6 Å². The minimum Gasteiger partial charge on any atom is -0.396 e. The van der Waals surface area contributed by atoms with Crippen molar-refractivity contribution in [3.8, 4) is 10.6 Å². The van der Waals surface area contributed by atoms with Gasteiger partial charge in [-0.05, 0) is 17.7 Å². The Morgan fingerprint density at radius 1 is 1.03 bits per heavy atom. The van der Waals surface area contributed by atoms with E-state index >= 15 is 0 Å². The van der Waals surface area contributed by atoms with Crippen LogP contribution < -0.4 is 0 Å². The average Bonchev–Trinajstić information content (AvgIpc) is 3.34. The van der Waals surface area contributed by atoms with E-state index in [9.17, 15) is 36.6 Å². The van der Waals surface area contributed by atoms with Gasteiger partial charge >= 0.3 is 5.51 Å². The Morgan fingerprint density at radius 2 is 1.72 bits per heavy atom. The molecule has 7 nitrogen and oxygen atoms in total. The zero-order chi connectivity index (χ0) is 23.5. The van der Waals surface area contributed by atoms with Crippen LogP contribution >= 0.6 is 22.7 Å². The number of Topliss-reactive ketones (excluding diaryl/α,β-unsaturated/α-hetero) is 1. The van der Waals surface area contributed by atoms with Crippen LogP contribution in [0, 0.1) is 0 Å². The minimum absolute atomic E-state index is 0.00569. The summed E-state index contributed by atoms with van der Waals surface area (Å²) in [6.45, 7) is -0.345. The minimum atomic E-state index is -5.43. The zero-order valence-corrected chi connectivity index (χ0v) is 18.7. The van der Waals surface area contributed by atoms with Gasteiger partial charge in [-0.1, -0.05) is 12.1 Å². The summed E-state index contributed by atoms with van der Waals surface area (Å²) in [5.41, 5.74) is -3.81. The second kappa shape index (κ2) is 9.75. The van der Waals surface area contributed by atoms with Crippen LogP contribution in [0.1, 0.15) is 21.3 Å². The number of carbonyl (C=O) groups excluding carboxylic acids is 1. The molecule has 32 heavy (non-hydrogen) atoms. The van der Waals surface area contributed by atoms with Crippen LogP contribution in [0.5, 0.6) is 0 Å². The van der Waals surface area contributed by atoms with Crippen LogP contribution in [0.2, 0.25) is 0 Å². The van der Waals surface area contributed by atoms with Crippen molar-refractivity contribution >= 4 is 38.3 Å². The van der Waals surface area contributed by atoms with Gasteiger partial charge in [0.1, 0.15) is 15.8 Å². The summed E-state index contributed by atoms with van der Waals surface area (Å²) in [6, 6.07) is 4.02. The van der Waals surface area contributed by atoms with Crippen molar-refractivity contribution in [1.82, 2.24) is 9.97 Å². The Kier molecular flexibility index (Phi) is 7.45. The number of aliphatic hydroxyl groups is 2. The number of benzene rings is 1. The van der Waals surface area contributed by atoms with E-state index in [2.05, 4.69) is 9.97 Å². The quantitative estimate of drug-likeness (QED) is 0.458. The molecule has 172 valence electrons. The van der Waals surface area contributed by atoms with Gasteiger partial charge in [-0.25, -0.2) is 18.4 Å². The van der Waals surface area contributed by atoms with Crippen molar-refractivity contribution < 1.29 is 36.6 Å². The summed E-state index contributed by atoms with van der Waals surface area (Å²) in [4.78, 5) is 20.9. The maximum Gasteiger partial charge on any atom is 0.501 e. The van der Waals surface area contributed by atoms with Gasteiger partial charge < -0.3 is 10.2 Å². The zero-order valence-electron chi connectivity index (χ0n) is 16.3. The van der Waals surface area contributed by atoms with E-state index in [1.807, 2.05) is 0 Å². The topological polar surface area (TPSA) is 117 Å². The Balaban J connectivity index is 1.68. The Morgan fingerprint density at radius 3 is 2.31 bits per heavy atom. The van der Waals surface area contributed by atoms with Gasteiger partial charge in [-0.15, -0.1) is 22.7 Å². The van der Waals surface area contributed by atoms with E-state index in [-0.39, 0.29) is 31.8 Å². The molecule has 0 spiro atoms. The fraction of sp³-hybridized carbons (Fsp3) is 0.316. The van der Waals surface area contributed by atoms with E-state index in [1.165, 1.54) is 34.8 Å². The van der Waals surface area contributed by atoms with E-state index in [0.717, 1.165) is 12.1 Å². The van der Waals surface area contributed by atoms with Crippen molar-refractivity contribution in [3.63, 3.8) is 0 Å². The van der Waals surface area contributed by atoms with E-state index in [1.54, 1.807) is 5.38 Å². The van der Waals surface area contributed by atoms with Crippen molar-refractivity contribution in [1.29, 1.82) is 0 Å². The maximum atomic E-state index is 12.6. The molecule has 0 unspecified atom stereocenters. The van der Waals surface area contributed by atoms with E-state index in [0.29, 0.717) is 38.3 Å². The van der Waals surface area contributed by atoms with Gasteiger partial charge in [0.15, 0.2) is 0 Å². The smallest absolute Gasteiger partial charge is 0.396 e. The van der Waals surface area contributed by atoms with Gasteiger partial charge in [0.05, 0.1) is 34.2 Å². The lowest BCUT2D eigenvalue weighted by atomic mass is 10.1.